The van der Waals surface area contributed by atoms with Crippen LogP contribution in [0.1, 0.15) is 22.3 Å². The Morgan fingerprint density at radius 1 is 0.484 bits per heavy atom. The Labute approximate surface area is 184 Å². The zero-order valence-corrected chi connectivity index (χ0v) is 17.3. The number of hydrogen-bond donors (Lipinski definition) is 0. The third-order valence-electron chi connectivity index (χ3n) is 5.76. The average Bonchev–Trinajstić information content (AvgIpc) is 2.86. The Bertz CT molecular complexity index is 1140. The van der Waals surface area contributed by atoms with Gasteiger partial charge in [0.05, 0.1) is 0 Å². The summed E-state index contributed by atoms with van der Waals surface area (Å²) in [5, 5.41) is 0. The molecule has 0 aromatic heterocycles. The molecular weight excluding hydrogens is 376 g/mol. The maximum atomic E-state index is 6.50. The highest BCUT2D eigenvalue weighted by Gasteiger charge is 2.34. The van der Waals surface area contributed by atoms with Crippen LogP contribution >= 0.6 is 0 Å². The van der Waals surface area contributed by atoms with Crippen molar-refractivity contribution in [2.45, 2.75) is 11.8 Å². The Morgan fingerprint density at radius 3 is 1.39 bits per heavy atom. The molecule has 0 saturated carbocycles. The second kappa shape index (κ2) is 8.49. The third-order valence-corrected chi connectivity index (χ3v) is 5.76. The van der Waals surface area contributed by atoms with Gasteiger partial charge in [-0.1, -0.05) is 121 Å². The molecule has 1 aliphatic heterocycles. The zero-order chi connectivity index (χ0) is 20.9. The molecule has 31 heavy (non-hydrogen) atoms. The second-order valence-corrected chi connectivity index (χ2v) is 7.92. The highest BCUT2D eigenvalue weighted by molar-refractivity contribution is 5.76. The molecule has 0 radical (unpaired) electrons. The first kappa shape index (κ1) is 19.1. The van der Waals surface area contributed by atoms with Crippen LogP contribution in [0.25, 0.3) is 11.5 Å². The van der Waals surface area contributed by atoms with Gasteiger partial charge in [0.1, 0.15) is 11.5 Å². The van der Waals surface area contributed by atoms with Crippen molar-refractivity contribution in [3.8, 4) is 0 Å². The molecule has 5 rings (SSSR count). The summed E-state index contributed by atoms with van der Waals surface area (Å²) in [7, 11) is 0. The summed E-state index contributed by atoms with van der Waals surface area (Å²) in [6.45, 7) is 0. The van der Waals surface area contributed by atoms with Crippen molar-refractivity contribution in [3.63, 3.8) is 0 Å². The van der Waals surface area contributed by atoms with Crippen LogP contribution in [-0.2, 0) is 16.6 Å². The first-order chi connectivity index (χ1) is 15.3. The van der Waals surface area contributed by atoms with Gasteiger partial charge in [-0.25, -0.2) is 0 Å². The quantitative estimate of drug-likeness (QED) is 0.342. The minimum absolute atomic E-state index is 0.322. The maximum Gasteiger partial charge on any atom is 0.131 e. The highest BCUT2D eigenvalue weighted by atomic mass is 16.5. The normalized spacial score (nSPS) is 14.8. The Balaban J connectivity index is 1.72. The summed E-state index contributed by atoms with van der Waals surface area (Å²) >= 11 is 0. The van der Waals surface area contributed by atoms with Crippen LogP contribution < -0.4 is 0 Å². The van der Waals surface area contributed by atoms with E-state index in [4.69, 9.17) is 4.74 Å². The molecule has 1 heterocycles. The lowest BCUT2D eigenvalue weighted by molar-refractivity contribution is 0.440. The van der Waals surface area contributed by atoms with Gasteiger partial charge in [-0.05, 0) is 29.7 Å². The average molecular weight is 401 g/mol. The molecule has 1 nitrogen and oxygen atoms in total. The van der Waals surface area contributed by atoms with E-state index in [0.717, 1.165) is 29.1 Å². The van der Waals surface area contributed by atoms with Gasteiger partial charge >= 0.3 is 0 Å². The number of allylic oxidation sites excluding steroid dienone is 2. The summed E-state index contributed by atoms with van der Waals surface area (Å²) in [5.74, 6) is 1.78. The van der Waals surface area contributed by atoms with Gasteiger partial charge in [0.2, 0.25) is 0 Å². The van der Waals surface area contributed by atoms with Gasteiger partial charge in [-0.15, -0.1) is 0 Å². The predicted octanol–water partition coefficient (Wildman–Crippen LogP) is 7.28. The summed E-state index contributed by atoms with van der Waals surface area (Å²) in [6.07, 6.45) is 5.43. The van der Waals surface area contributed by atoms with Gasteiger partial charge in [-0.2, -0.15) is 0 Å². The summed E-state index contributed by atoms with van der Waals surface area (Å²) in [5.41, 5.74) is 4.39. The smallest absolute Gasteiger partial charge is 0.131 e. The van der Waals surface area contributed by atoms with Crippen LogP contribution in [0.2, 0.25) is 0 Å². The molecule has 0 spiro atoms. The van der Waals surface area contributed by atoms with Crippen LogP contribution in [0.3, 0.4) is 0 Å². The van der Waals surface area contributed by atoms with Crippen molar-refractivity contribution in [2.24, 2.45) is 0 Å². The van der Waals surface area contributed by atoms with Crippen LogP contribution in [0.4, 0.5) is 0 Å². The van der Waals surface area contributed by atoms with E-state index in [1.165, 1.54) is 11.1 Å². The molecule has 0 atom stereocenters. The fourth-order valence-corrected chi connectivity index (χ4v) is 4.23. The molecule has 4 aromatic carbocycles. The van der Waals surface area contributed by atoms with Crippen molar-refractivity contribution < 1.29 is 4.74 Å². The molecule has 0 bridgehead atoms. The maximum absolute atomic E-state index is 6.50. The van der Waals surface area contributed by atoms with E-state index in [1.54, 1.807) is 0 Å². The van der Waals surface area contributed by atoms with Gasteiger partial charge in [0.15, 0.2) is 0 Å². The lowest BCUT2D eigenvalue weighted by atomic mass is 9.73. The Morgan fingerprint density at radius 2 is 0.903 bits per heavy atom. The first-order valence-electron chi connectivity index (χ1n) is 10.7. The van der Waals surface area contributed by atoms with Gasteiger partial charge in [0.25, 0.3) is 0 Å². The van der Waals surface area contributed by atoms with E-state index in [0.29, 0.717) is 0 Å². The van der Waals surface area contributed by atoms with E-state index >= 15 is 0 Å². The number of hydrogen-bond acceptors (Lipinski definition) is 1. The minimum Gasteiger partial charge on any atom is -0.457 e. The molecule has 0 fully saturated rings. The van der Waals surface area contributed by atoms with Gasteiger partial charge < -0.3 is 4.74 Å². The summed E-state index contributed by atoms with van der Waals surface area (Å²) in [6, 6.07) is 42.2. The summed E-state index contributed by atoms with van der Waals surface area (Å²) < 4.78 is 6.50. The van der Waals surface area contributed by atoms with Crippen molar-refractivity contribution in [1.82, 2.24) is 0 Å². The van der Waals surface area contributed by atoms with E-state index < -0.39 is 0 Å². The van der Waals surface area contributed by atoms with Crippen LogP contribution in [0.15, 0.2) is 133 Å². The van der Waals surface area contributed by atoms with Crippen molar-refractivity contribution >= 4 is 11.5 Å². The van der Waals surface area contributed by atoms with Crippen LogP contribution in [0.5, 0.6) is 0 Å². The number of ether oxygens (including phenoxy) is 1. The lowest BCUT2D eigenvalue weighted by Gasteiger charge is -2.34. The predicted molar refractivity (Wildman–Crippen MR) is 128 cm³/mol. The second-order valence-electron chi connectivity index (χ2n) is 7.92. The molecule has 150 valence electrons. The SMILES string of the molecule is C1=C(c2ccccc2)OC(c2ccccc2)=CC1(Cc1ccccc1)c1ccccc1. The largest absolute Gasteiger partial charge is 0.457 e. The van der Waals surface area contributed by atoms with E-state index in [-0.39, 0.29) is 5.41 Å². The zero-order valence-electron chi connectivity index (χ0n) is 17.3. The standard InChI is InChI=1S/C30H24O/c1-5-13-24(14-6-1)21-30(27-19-11-4-12-20-27)22-28(25-15-7-2-8-16-25)31-29(23-30)26-17-9-3-10-18-26/h1-20,22-23H,21H2. The molecule has 0 unspecified atom stereocenters. The van der Waals surface area contributed by atoms with Crippen molar-refractivity contribution in [1.29, 1.82) is 0 Å². The van der Waals surface area contributed by atoms with E-state index in [9.17, 15) is 0 Å². The summed E-state index contributed by atoms with van der Waals surface area (Å²) in [4.78, 5) is 0. The lowest BCUT2D eigenvalue weighted by Crippen LogP contribution is -2.28. The highest BCUT2D eigenvalue weighted by Crippen LogP contribution is 2.42. The van der Waals surface area contributed by atoms with Crippen molar-refractivity contribution in [3.05, 3.63) is 156 Å². The fraction of sp³-hybridized carbons (Fsp3) is 0.0667. The monoisotopic (exact) mass is 400 g/mol. The molecule has 0 aliphatic carbocycles. The van der Waals surface area contributed by atoms with E-state index in [2.05, 4.69) is 121 Å². The third kappa shape index (κ3) is 4.08. The van der Waals surface area contributed by atoms with Crippen LogP contribution in [0, 0.1) is 0 Å². The first-order valence-corrected chi connectivity index (χ1v) is 10.7. The topological polar surface area (TPSA) is 9.23 Å². The fourth-order valence-electron chi connectivity index (χ4n) is 4.23. The van der Waals surface area contributed by atoms with Gasteiger partial charge in [0, 0.05) is 16.5 Å². The van der Waals surface area contributed by atoms with E-state index in [1.807, 2.05) is 12.1 Å². The molecule has 0 amide bonds. The number of rotatable bonds is 5. The molecule has 4 aromatic rings. The Kier molecular flexibility index (Phi) is 5.24. The number of benzene rings is 4. The van der Waals surface area contributed by atoms with Gasteiger partial charge in [-0.3, -0.25) is 0 Å². The molecule has 0 saturated heterocycles. The van der Waals surface area contributed by atoms with Crippen molar-refractivity contribution in [2.75, 3.05) is 0 Å². The minimum atomic E-state index is -0.322. The molecule has 1 heteroatoms. The van der Waals surface area contributed by atoms with Crippen LogP contribution in [-0.4, -0.2) is 0 Å². The molecule has 1 aliphatic rings. The molecular formula is C30H24O. The Hall–Kier alpha value is -3.84. The molecule has 0 N–H and O–H groups in total.